The van der Waals surface area contributed by atoms with Crippen molar-refractivity contribution >= 4 is 23.8 Å². The summed E-state index contributed by atoms with van der Waals surface area (Å²) in [7, 11) is 0. The van der Waals surface area contributed by atoms with E-state index in [1.165, 1.54) is 5.56 Å². The molecule has 0 saturated carbocycles. The number of aryl methyl sites for hydroxylation is 2. The molecule has 192 valence electrons. The Hall–Kier alpha value is -3.53. The molecule has 2 amide bonds. The van der Waals surface area contributed by atoms with Crippen molar-refractivity contribution in [2.45, 2.75) is 86.4 Å². The fourth-order valence-electron chi connectivity index (χ4n) is 2.45. The molecule has 0 bridgehead atoms. The van der Waals surface area contributed by atoms with Gasteiger partial charge in [0, 0.05) is 0 Å². The lowest BCUT2D eigenvalue weighted by Gasteiger charge is -2.20. The number of hydrogen-bond donors (Lipinski definition) is 2. The monoisotopic (exact) mass is 483 g/mol. The summed E-state index contributed by atoms with van der Waals surface area (Å²) in [5.74, 6) is 2.85. The van der Waals surface area contributed by atoms with Gasteiger partial charge < -0.3 is 9.47 Å². The van der Waals surface area contributed by atoms with Crippen LogP contribution in [0.5, 0.6) is 0 Å². The number of terminal acetylenes is 1. The van der Waals surface area contributed by atoms with Crippen molar-refractivity contribution in [3.05, 3.63) is 53.6 Å². The minimum Gasteiger partial charge on any atom is -0.444 e. The SMILES string of the molecule is C#CC.CCc1cc(NC(=O)OC(C)(C)C)nc(NC(=O)OC(C)(C)C)c1.CCc1ccccc1. The Balaban J connectivity index is 0.000000864. The molecule has 1 aromatic heterocycles. The number of nitrogens with zero attached hydrogens (tertiary/aromatic N) is 1. The van der Waals surface area contributed by atoms with Crippen LogP contribution in [0.25, 0.3) is 0 Å². The third-order valence-electron chi connectivity index (χ3n) is 3.80. The summed E-state index contributed by atoms with van der Waals surface area (Å²) in [5.41, 5.74) is 1.10. The number of ether oxygens (including phenoxy) is 2. The maximum Gasteiger partial charge on any atom is 0.413 e. The summed E-state index contributed by atoms with van der Waals surface area (Å²) in [6.45, 7) is 16.4. The van der Waals surface area contributed by atoms with Crippen LogP contribution in [0.1, 0.15) is 73.4 Å². The number of nitrogens with one attached hydrogen (secondary N) is 2. The van der Waals surface area contributed by atoms with Crippen LogP contribution in [0.2, 0.25) is 0 Å². The zero-order chi connectivity index (χ0) is 27.1. The second-order valence-electron chi connectivity index (χ2n) is 9.48. The Labute approximate surface area is 211 Å². The van der Waals surface area contributed by atoms with Crippen LogP contribution < -0.4 is 10.6 Å². The number of carbonyl (C=O) groups is 2. The van der Waals surface area contributed by atoms with E-state index in [1.54, 1.807) is 60.6 Å². The first-order valence-electron chi connectivity index (χ1n) is 11.6. The van der Waals surface area contributed by atoms with Gasteiger partial charge in [0.15, 0.2) is 0 Å². The average molecular weight is 484 g/mol. The molecule has 7 heteroatoms. The Bertz CT molecular complexity index is 905. The first-order valence-corrected chi connectivity index (χ1v) is 11.6. The number of carbonyl (C=O) groups excluding carboxylic acids is 2. The van der Waals surface area contributed by atoms with E-state index in [-0.39, 0.29) is 0 Å². The Morgan fingerprint density at radius 3 is 1.49 bits per heavy atom. The van der Waals surface area contributed by atoms with Gasteiger partial charge in [-0.2, -0.15) is 0 Å². The molecule has 0 aliphatic rings. The summed E-state index contributed by atoms with van der Waals surface area (Å²) in [6, 6.07) is 13.9. The van der Waals surface area contributed by atoms with Gasteiger partial charge in [0.2, 0.25) is 0 Å². The van der Waals surface area contributed by atoms with Gasteiger partial charge in [-0.3, -0.25) is 10.6 Å². The minimum atomic E-state index is -0.607. The molecule has 2 aromatic rings. The second-order valence-corrected chi connectivity index (χ2v) is 9.48. The predicted molar refractivity (Wildman–Crippen MR) is 144 cm³/mol. The third-order valence-corrected chi connectivity index (χ3v) is 3.80. The fraction of sp³-hybridized carbons (Fsp3) is 0.464. The lowest BCUT2D eigenvalue weighted by Crippen LogP contribution is -2.28. The number of pyridine rings is 1. The van der Waals surface area contributed by atoms with Gasteiger partial charge in [-0.25, -0.2) is 14.6 Å². The molecule has 0 radical (unpaired) electrons. The zero-order valence-electron chi connectivity index (χ0n) is 22.6. The summed E-state index contributed by atoms with van der Waals surface area (Å²) in [5, 5.41) is 5.14. The maximum atomic E-state index is 11.9. The lowest BCUT2D eigenvalue weighted by atomic mass is 10.2. The van der Waals surface area contributed by atoms with Gasteiger partial charge in [0.1, 0.15) is 22.8 Å². The quantitative estimate of drug-likeness (QED) is 0.448. The topological polar surface area (TPSA) is 89.5 Å². The van der Waals surface area contributed by atoms with Crippen LogP contribution in [0.3, 0.4) is 0 Å². The molecule has 0 spiro atoms. The molecule has 35 heavy (non-hydrogen) atoms. The number of aromatic nitrogens is 1. The number of anilines is 2. The number of benzene rings is 1. The van der Waals surface area contributed by atoms with Crippen molar-refractivity contribution in [3.8, 4) is 12.3 Å². The zero-order valence-corrected chi connectivity index (χ0v) is 22.6. The molecule has 0 aliphatic carbocycles. The van der Waals surface area contributed by atoms with E-state index in [0.29, 0.717) is 18.1 Å². The van der Waals surface area contributed by atoms with E-state index >= 15 is 0 Å². The van der Waals surface area contributed by atoms with E-state index < -0.39 is 23.4 Å². The smallest absolute Gasteiger partial charge is 0.413 e. The van der Waals surface area contributed by atoms with Crippen LogP contribution in [0, 0.1) is 12.3 Å². The highest BCUT2D eigenvalue weighted by Crippen LogP contribution is 2.18. The van der Waals surface area contributed by atoms with Crippen LogP contribution in [0.4, 0.5) is 21.2 Å². The molecule has 0 atom stereocenters. The van der Waals surface area contributed by atoms with Crippen LogP contribution in [0.15, 0.2) is 42.5 Å². The van der Waals surface area contributed by atoms with Gasteiger partial charge in [-0.1, -0.05) is 44.2 Å². The maximum absolute atomic E-state index is 11.9. The molecule has 0 unspecified atom stereocenters. The van der Waals surface area contributed by atoms with E-state index in [9.17, 15) is 9.59 Å². The summed E-state index contributed by atoms with van der Waals surface area (Å²) in [4.78, 5) is 27.9. The molecule has 1 heterocycles. The van der Waals surface area contributed by atoms with Crippen molar-refractivity contribution < 1.29 is 19.1 Å². The third kappa shape index (κ3) is 16.7. The highest BCUT2D eigenvalue weighted by molar-refractivity contribution is 5.86. The van der Waals surface area contributed by atoms with Gasteiger partial charge in [0.25, 0.3) is 0 Å². The van der Waals surface area contributed by atoms with Crippen LogP contribution >= 0.6 is 0 Å². The highest BCUT2D eigenvalue weighted by atomic mass is 16.6. The van der Waals surface area contributed by atoms with Gasteiger partial charge in [-0.15, -0.1) is 12.3 Å². The number of hydrogen-bond acceptors (Lipinski definition) is 5. The molecule has 0 fully saturated rings. The summed E-state index contributed by atoms with van der Waals surface area (Å²) in [6.07, 6.45) is 5.24. The second kappa shape index (κ2) is 15.4. The van der Waals surface area contributed by atoms with E-state index in [0.717, 1.165) is 12.0 Å². The van der Waals surface area contributed by atoms with Crippen molar-refractivity contribution in [1.82, 2.24) is 4.98 Å². The predicted octanol–water partition coefficient (Wildman–Crippen LogP) is 7.23. The largest absolute Gasteiger partial charge is 0.444 e. The standard InChI is InChI=1S/C17H27N3O4.C8H10.C3H4/c1-8-11-9-12(19-14(21)23-16(2,3)4)18-13(10-11)20-15(22)24-17(5,6)7;1-2-8-6-4-3-5-7-8;1-3-2/h9-10H,8H2,1-7H3,(H2,18,19,20,21,22);3-7H,2H2,1H3;1H,2H3. The molecule has 0 saturated heterocycles. The molecule has 7 nitrogen and oxygen atoms in total. The number of rotatable bonds is 4. The molecular weight excluding hydrogens is 442 g/mol. The Morgan fingerprint density at radius 2 is 1.20 bits per heavy atom. The molecule has 2 rings (SSSR count). The van der Waals surface area contributed by atoms with Crippen LogP contribution in [-0.2, 0) is 22.3 Å². The van der Waals surface area contributed by atoms with Gasteiger partial charge in [0.05, 0.1) is 0 Å². The van der Waals surface area contributed by atoms with Crippen molar-refractivity contribution in [2.75, 3.05) is 10.6 Å². The highest BCUT2D eigenvalue weighted by Gasteiger charge is 2.19. The lowest BCUT2D eigenvalue weighted by molar-refractivity contribution is 0.0625. The van der Waals surface area contributed by atoms with Crippen molar-refractivity contribution in [2.24, 2.45) is 0 Å². The number of amides is 2. The Morgan fingerprint density at radius 1 is 0.829 bits per heavy atom. The minimum absolute atomic E-state index is 0.301. The average Bonchev–Trinajstić information content (AvgIpc) is 2.72. The van der Waals surface area contributed by atoms with E-state index in [4.69, 9.17) is 9.47 Å². The summed E-state index contributed by atoms with van der Waals surface area (Å²) < 4.78 is 10.4. The van der Waals surface area contributed by atoms with Crippen molar-refractivity contribution in [1.29, 1.82) is 0 Å². The first kappa shape index (κ1) is 31.5. The molecule has 2 N–H and O–H groups in total. The van der Waals surface area contributed by atoms with Crippen molar-refractivity contribution in [3.63, 3.8) is 0 Å². The van der Waals surface area contributed by atoms with Gasteiger partial charge in [-0.05, 0) is 84.6 Å². The van der Waals surface area contributed by atoms with Gasteiger partial charge >= 0.3 is 12.2 Å². The fourth-order valence-corrected chi connectivity index (χ4v) is 2.45. The normalized spacial score (nSPS) is 10.3. The molecule has 1 aromatic carbocycles. The summed E-state index contributed by atoms with van der Waals surface area (Å²) >= 11 is 0. The Kier molecular flexibility index (Phi) is 13.8. The van der Waals surface area contributed by atoms with Crippen LogP contribution in [-0.4, -0.2) is 28.4 Å². The molecule has 0 aliphatic heterocycles. The first-order chi connectivity index (χ1) is 16.2. The van der Waals surface area contributed by atoms with E-state index in [1.807, 2.05) is 13.0 Å². The molecular formula is C28H41N3O4. The van der Waals surface area contributed by atoms with E-state index in [2.05, 4.69) is 59.2 Å².